The molecule has 26 heavy (non-hydrogen) atoms. The lowest BCUT2D eigenvalue weighted by Crippen LogP contribution is -2.29. The van der Waals surface area contributed by atoms with Gasteiger partial charge in [-0.2, -0.15) is 0 Å². The third-order valence-electron chi connectivity index (χ3n) is 5.44. The minimum Gasteiger partial charge on any atom is -0.370 e. The van der Waals surface area contributed by atoms with Gasteiger partial charge in [0.2, 0.25) is 0 Å². The second-order valence-corrected chi connectivity index (χ2v) is 9.79. The van der Waals surface area contributed by atoms with Crippen LogP contribution in [0, 0.1) is 6.92 Å². The number of hydrogen-bond donors (Lipinski definition) is 1. The van der Waals surface area contributed by atoms with E-state index in [0.29, 0.717) is 0 Å². The second-order valence-electron chi connectivity index (χ2n) is 7.50. The predicted molar refractivity (Wildman–Crippen MR) is 108 cm³/mol. The monoisotopic (exact) mass is 367 g/mol. The van der Waals surface area contributed by atoms with Gasteiger partial charge < -0.3 is 9.84 Å². The Morgan fingerprint density at radius 1 is 1.00 bits per heavy atom. The largest absolute Gasteiger partial charge is 0.370 e. The highest BCUT2D eigenvalue weighted by Gasteiger charge is 2.47. The molecular formula is C22H26NO2P. The molecule has 0 bridgehead atoms. The van der Waals surface area contributed by atoms with Crippen molar-refractivity contribution >= 4 is 13.1 Å². The van der Waals surface area contributed by atoms with Crippen molar-refractivity contribution in [3.05, 3.63) is 77.6 Å². The SMILES string of the molecule is Cc1ccc(NC(c2ccccc2)P2(=O)C=CC3(CCCCC3)O2)cc1. The van der Waals surface area contributed by atoms with Gasteiger partial charge in [-0.3, -0.25) is 4.57 Å². The summed E-state index contributed by atoms with van der Waals surface area (Å²) >= 11 is 0. The first-order valence-corrected chi connectivity index (χ1v) is 11.2. The normalized spacial score (nSPS) is 25.3. The molecule has 1 saturated carbocycles. The summed E-state index contributed by atoms with van der Waals surface area (Å²) in [5.41, 5.74) is 2.84. The molecule has 1 aliphatic carbocycles. The lowest BCUT2D eigenvalue weighted by Gasteiger charge is -2.34. The summed E-state index contributed by atoms with van der Waals surface area (Å²) in [7, 11) is -3.00. The molecule has 0 saturated heterocycles. The predicted octanol–water partition coefficient (Wildman–Crippen LogP) is 6.63. The third-order valence-corrected chi connectivity index (χ3v) is 7.80. The van der Waals surface area contributed by atoms with Crippen molar-refractivity contribution in [2.24, 2.45) is 0 Å². The van der Waals surface area contributed by atoms with Crippen molar-refractivity contribution in [3.63, 3.8) is 0 Å². The molecule has 136 valence electrons. The first-order chi connectivity index (χ1) is 12.6. The zero-order valence-electron chi connectivity index (χ0n) is 15.2. The van der Waals surface area contributed by atoms with E-state index in [1.54, 1.807) is 0 Å². The summed E-state index contributed by atoms with van der Waals surface area (Å²) in [5.74, 6) is 1.49. The van der Waals surface area contributed by atoms with Crippen molar-refractivity contribution < 1.29 is 9.09 Å². The third kappa shape index (κ3) is 3.51. The van der Waals surface area contributed by atoms with Gasteiger partial charge in [0.25, 0.3) is 7.37 Å². The molecule has 1 fully saturated rings. The van der Waals surface area contributed by atoms with E-state index in [9.17, 15) is 4.57 Å². The molecule has 1 heterocycles. The zero-order chi connectivity index (χ0) is 18.0. The van der Waals surface area contributed by atoms with Gasteiger partial charge in [-0.1, -0.05) is 67.3 Å². The smallest absolute Gasteiger partial charge is 0.251 e. The van der Waals surface area contributed by atoms with Crippen LogP contribution in [0.3, 0.4) is 0 Å². The highest BCUT2D eigenvalue weighted by Crippen LogP contribution is 2.68. The Morgan fingerprint density at radius 2 is 1.69 bits per heavy atom. The van der Waals surface area contributed by atoms with Gasteiger partial charge in [0.05, 0.1) is 5.60 Å². The van der Waals surface area contributed by atoms with Gasteiger partial charge in [0.15, 0.2) is 0 Å². The van der Waals surface area contributed by atoms with Crippen LogP contribution in [0.1, 0.15) is 49.0 Å². The van der Waals surface area contributed by atoms with Crippen LogP contribution in [-0.2, 0) is 9.09 Å². The number of nitrogens with one attached hydrogen (secondary N) is 1. The summed E-state index contributed by atoms with van der Waals surface area (Å²) in [5, 5.41) is 3.49. The average molecular weight is 367 g/mol. The van der Waals surface area contributed by atoms with Crippen molar-refractivity contribution in [2.75, 3.05) is 5.32 Å². The molecule has 1 spiro atoms. The second kappa shape index (κ2) is 7.06. The van der Waals surface area contributed by atoms with Crippen molar-refractivity contribution in [1.29, 1.82) is 0 Å². The maximum atomic E-state index is 13.9. The summed E-state index contributed by atoms with van der Waals surface area (Å²) < 4.78 is 20.3. The molecule has 4 heteroatoms. The molecule has 0 amide bonds. The van der Waals surface area contributed by atoms with E-state index in [2.05, 4.69) is 30.4 Å². The first-order valence-electron chi connectivity index (χ1n) is 9.47. The summed E-state index contributed by atoms with van der Waals surface area (Å²) in [4.78, 5) is 0. The van der Waals surface area contributed by atoms with Crippen LogP contribution in [0.25, 0.3) is 0 Å². The Kier molecular flexibility index (Phi) is 4.77. The number of rotatable bonds is 4. The number of anilines is 1. The molecule has 2 aromatic carbocycles. The molecule has 2 aromatic rings. The van der Waals surface area contributed by atoms with E-state index in [1.165, 1.54) is 12.0 Å². The van der Waals surface area contributed by atoms with Crippen molar-refractivity contribution in [2.45, 2.75) is 50.4 Å². The van der Waals surface area contributed by atoms with Crippen LogP contribution >= 0.6 is 7.37 Å². The minimum absolute atomic E-state index is 0.324. The fourth-order valence-corrected chi connectivity index (χ4v) is 6.50. The summed E-state index contributed by atoms with van der Waals surface area (Å²) in [6, 6.07) is 18.2. The quantitative estimate of drug-likeness (QED) is 0.616. The molecule has 2 unspecified atom stereocenters. The Labute approximate surface area is 155 Å². The Bertz CT molecular complexity index is 823. The highest BCUT2D eigenvalue weighted by atomic mass is 31.2. The van der Waals surface area contributed by atoms with Gasteiger partial charge in [0.1, 0.15) is 5.78 Å². The fraction of sp³-hybridized carbons (Fsp3) is 0.364. The Balaban J connectivity index is 1.66. The average Bonchev–Trinajstić information content (AvgIpc) is 2.99. The molecule has 4 rings (SSSR count). The van der Waals surface area contributed by atoms with Crippen molar-refractivity contribution in [3.8, 4) is 0 Å². The molecule has 1 aliphatic heterocycles. The van der Waals surface area contributed by atoms with E-state index in [1.807, 2.05) is 48.3 Å². The molecule has 0 radical (unpaired) electrons. The molecule has 1 N–H and O–H groups in total. The fourth-order valence-electron chi connectivity index (χ4n) is 3.96. The molecule has 2 aliphatic rings. The van der Waals surface area contributed by atoms with Gasteiger partial charge in [0, 0.05) is 11.5 Å². The van der Waals surface area contributed by atoms with Crippen LogP contribution in [0.4, 0.5) is 5.69 Å². The molecule has 3 nitrogen and oxygen atoms in total. The van der Waals surface area contributed by atoms with E-state index < -0.39 is 7.37 Å². The molecule has 2 atom stereocenters. The number of benzene rings is 2. The minimum atomic E-state index is -3.00. The van der Waals surface area contributed by atoms with Crippen LogP contribution in [0.2, 0.25) is 0 Å². The Hall–Kier alpha value is -1.83. The number of aryl methyl sites for hydroxylation is 1. The van der Waals surface area contributed by atoms with Crippen LogP contribution in [-0.4, -0.2) is 5.60 Å². The lowest BCUT2D eigenvalue weighted by molar-refractivity contribution is 0.0895. The first kappa shape index (κ1) is 17.6. The van der Waals surface area contributed by atoms with E-state index >= 15 is 0 Å². The maximum Gasteiger partial charge on any atom is 0.251 e. The van der Waals surface area contributed by atoms with Gasteiger partial charge in [-0.05, 0) is 43.5 Å². The van der Waals surface area contributed by atoms with Crippen LogP contribution in [0.15, 0.2) is 66.5 Å². The summed E-state index contributed by atoms with van der Waals surface area (Å²) in [6.45, 7) is 2.07. The van der Waals surface area contributed by atoms with Gasteiger partial charge in [-0.25, -0.2) is 0 Å². The molecular weight excluding hydrogens is 341 g/mol. The van der Waals surface area contributed by atoms with Gasteiger partial charge >= 0.3 is 0 Å². The van der Waals surface area contributed by atoms with Crippen LogP contribution < -0.4 is 5.32 Å². The van der Waals surface area contributed by atoms with E-state index in [4.69, 9.17) is 4.52 Å². The van der Waals surface area contributed by atoms with E-state index in [-0.39, 0.29) is 11.4 Å². The Morgan fingerprint density at radius 3 is 2.38 bits per heavy atom. The lowest BCUT2D eigenvalue weighted by atomic mass is 9.85. The topological polar surface area (TPSA) is 38.3 Å². The highest BCUT2D eigenvalue weighted by molar-refractivity contribution is 7.63. The maximum absolute atomic E-state index is 13.9. The van der Waals surface area contributed by atoms with Gasteiger partial charge in [-0.15, -0.1) is 0 Å². The standard InChI is InChI=1S/C22H26NO2P/c1-18-10-12-20(13-11-18)23-21(19-8-4-2-5-9-19)26(24)17-16-22(25-26)14-6-3-7-15-22/h2,4-5,8-13,16-17,21,23H,3,6-7,14-15H2,1H3. The van der Waals surface area contributed by atoms with E-state index in [0.717, 1.165) is 36.9 Å². The number of hydrogen-bond acceptors (Lipinski definition) is 3. The zero-order valence-corrected chi connectivity index (χ0v) is 16.1. The van der Waals surface area contributed by atoms with Crippen molar-refractivity contribution in [1.82, 2.24) is 0 Å². The van der Waals surface area contributed by atoms with Crippen LogP contribution in [0.5, 0.6) is 0 Å². The summed E-state index contributed by atoms with van der Waals surface area (Å²) in [6.07, 6.45) is 7.56. The molecule has 0 aromatic heterocycles.